The smallest absolute Gasteiger partial charge is 0.305 e. The van der Waals surface area contributed by atoms with Crippen LogP contribution in [0.15, 0.2) is 24.3 Å². The van der Waals surface area contributed by atoms with Crippen molar-refractivity contribution in [1.82, 2.24) is 19.9 Å². The number of halogens is 2. The maximum Gasteiger partial charge on any atom is 0.305 e. The van der Waals surface area contributed by atoms with Gasteiger partial charge < -0.3 is 19.4 Å². The van der Waals surface area contributed by atoms with E-state index in [9.17, 15) is 9.59 Å². The number of aryl methyl sites for hydroxylation is 4. The molecule has 0 saturated heterocycles. The zero-order valence-corrected chi connectivity index (χ0v) is 28.8. The van der Waals surface area contributed by atoms with E-state index in [1.165, 1.54) is 14.2 Å². The highest BCUT2D eigenvalue weighted by molar-refractivity contribution is 6.19. The summed E-state index contributed by atoms with van der Waals surface area (Å²) in [7, 11) is 2.81. The number of hydrogen-bond acceptors (Lipinski definition) is 6. The number of hydrogen-bond donors (Lipinski definition) is 2. The average Bonchev–Trinajstić information content (AvgIpc) is 3.69. The van der Waals surface area contributed by atoms with Crippen molar-refractivity contribution in [2.75, 3.05) is 26.0 Å². The predicted molar refractivity (Wildman–Crippen MR) is 187 cm³/mol. The Bertz CT molecular complexity index is 1930. The molecule has 3 aromatic rings. The second kappa shape index (κ2) is 14.3. The molecule has 2 aliphatic rings. The monoisotopic (exact) mass is 662 g/mol. The minimum atomic E-state index is -0.271. The first-order valence-corrected chi connectivity index (χ1v) is 16.6. The van der Waals surface area contributed by atoms with Crippen LogP contribution in [-0.2, 0) is 31.9 Å². The van der Waals surface area contributed by atoms with Crippen molar-refractivity contribution in [2.45, 2.75) is 66.2 Å². The predicted octanol–water partition coefficient (Wildman–Crippen LogP) is 8.26. The second-order valence-corrected chi connectivity index (χ2v) is 12.4. The van der Waals surface area contributed by atoms with Crippen LogP contribution < -0.4 is 0 Å². The molecule has 0 unspecified atom stereocenters. The molecule has 5 rings (SSSR count). The first kappa shape index (κ1) is 33.5. The molecular formula is C36H40Cl2N4O4. The average molecular weight is 664 g/mol. The Morgan fingerprint density at radius 1 is 0.609 bits per heavy atom. The Morgan fingerprint density at radius 2 is 1.02 bits per heavy atom. The summed E-state index contributed by atoms with van der Waals surface area (Å²) in [5, 5.41) is 0. The number of aromatic amines is 2. The number of alkyl halides is 2. The van der Waals surface area contributed by atoms with E-state index in [1.807, 2.05) is 0 Å². The van der Waals surface area contributed by atoms with E-state index in [1.54, 1.807) is 0 Å². The van der Waals surface area contributed by atoms with Gasteiger partial charge in [-0.25, -0.2) is 9.97 Å². The molecule has 0 fully saturated rings. The number of rotatable bonds is 10. The third-order valence-electron chi connectivity index (χ3n) is 9.10. The summed E-state index contributed by atoms with van der Waals surface area (Å²) in [5.74, 6) is 0.389. The van der Waals surface area contributed by atoms with Gasteiger partial charge in [0.05, 0.1) is 37.0 Å². The topological polar surface area (TPSA) is 110 Å². The molecule has 0 spiro atoms. The fraction of sp³-hybridized carbons (Fsp3) is 0.389. The highest BCUT2D eigenvalue weighted by Gasteiger charge is 2.22. The van der Waals surface area contributed by atoms with Crippen molar-refractivity contribution in [2.24, 2.45) is 0 Å². The zero-order chi connectivity index (χ0) is 33.1. The third kappa shape index (κ3) is 6.65. The summed E-state index contributed by atoms with van der Waals surface area (Å²) in [6.45, 7) is 8.27. The van der Waals surface area contributed by atoms with Crippen LogP contribution in [0.25, 0.3) is 44.4 Å². The van der Waals surface area contributed by atoms with Gasteiger partial charge in [-0.05, 0) is 122 Å². The van der Waals surface area contributed by atoms with E-state index in [-0.39, 0.29) is 24.8 Å². The van der Waals surface area contributed by atoms with Crippen molar-refractivity contribution in [3.63, 3.8) is 0 Å². The van der Waals surface area contributed by atoms with Gasteiger partial charge in [-0.2, -0.15) is 0 Å². The molecule has 0 amide bonds. The number of nitrogens with zero attached hydrogens (tertiary/aromatic N) is 2. The molecule has 0 aromatic carbocycles. The third-order valence-corrected chi connectivity index (χ3v) is 9.48. The number of H-pyrrole nitrogens is 2. The summed E-state index contributed by atoms with van der Waals surface area (Å²) in [5.41, 5.74) is 15.3. The number of esters is 2. The van der Waals surface area contributed by atoms with E-state index < -0.39 is 0 Å². The van der Waals surface area contributed by atoms with Crippen LogP contribution in [0.3, 0.4) is 0 Å². The molecule has 8 nitrogen and oxygen atoms in total. The van der Waals surface area contributed by atoms with Crippen molar-refractivity contribution >= 4 is 79.5 Å². The first-order valence-electron chi connectivity index (χ1n) is 15.5. The van der Waals surface area contributed by atoms with Crippen LogP contribution in [0.1, 0.15) is 84.6 Å². The van der Waals surface area contributed by atoms with Crippen LogP contribution in [0.2, 0.25) is 0 Å². The van der Waals surface area contributed by atoms with Gasteiger partial charge in [0.25, 0.3) is 0 Å². The maximum absolute atomic E-state index is 12.2. The number of carbonyl (C=O) groups is 2. The van der Waals surface area contributed by atoms with Crippen LogP contribution in [0.4, 0.5) is 0 Å². The van der Waals surface area contributed by atoms with E-state index in [4.69, 9.17) is 42.6 Å². The Morgan fingerprint density at radius 3 is 1.50 bits per heavy atom. The van der Waals surface area contributed by atoms with Gasteiger partial charge in [-0.3, -0.25) is 9.59 Å². The second-order valence-electron chi connectivity index (χ2n) is 11.7. The molecule has 242 valence electrons. The number of carbonyl (C=O) groups excluding carboxylic acids is 2. The number of aromatic nitrogens is 4. The zero-order valence-electron chi connectivity index (χ0n) is 27.2. The highest BCUT2D eigenvalue weighted by Crippen LogP contribution is 2.37. The summed E-state index contributed by atoms with van der Waals surface area (Å²) >= 11 is 12.6. The first-order chi connectivity index (χ1) is 22.1. The molecule has 5 heterocycles. The molecule has 3 aromatic heterocycles. The maximum atomic E-state index is 12.2. The Labute approximate surface area is 279 Å². The van der Waals surface area contributed by atoms with E-state index >= 15 is 0 Å². The minimum absolute atomic E-state index is 0.245. The number of nitrogens with one attached hydrogen (secondary N) is 2. The molecule has 2 aliphatic heterocycles. The van der Waals surface area contributed by atoms with Crippen molar-refractivity contribution in [3.8, 4) is 0 Å². The summed E-state index contributed by atoms with van der Waals surface area (Å²) < 4.78 is 9.92. The Kier molecular flexibility index (Phi) is 10.4. The van der Waals surface area contributed by atoms with Crippen LogP contribution >= 0.6 is 23.2 Å². The Hall–Kier alpha value is -3.88. The normalized spacial score (nSPS) is 13.0. The van der Waals surface area contributed by atoms with Crippen molar-refractivity contribution in [1.29, 1.82) is 0 Å². The van der Waals surface area contributed by atoms with Crippen molar-refractivity contribution in [3.05, 3.63) is 69.3 Å². The number of fused-ring (bicyclic) bond motifs is 8. The van der Waals surface area contributed by atoms with E-state index in [2.05, 4.69) is 61.9 Å². The molecule has 2 N–H and O–H groups in total. The lowest BCUT2D eigenvalue weighted by atomic mass is 10.0. The summed E-state index contributed by atoms with van der Waals surface area (Å²) in [6.07, 6.45) is 2.84. The molecule has 8 bridgehead atoms. The van der Waals surface area contributed by atoms with Gasteiger partial charge in [0.1, 0.15) is 0 Å². The van der Waals surface area contributed by atoms with Gasteiger partial charge in [0.2, 0.25) is 0 Å². The lowest BCUT2D eigenvalue weighted by Gasteiger charge is -2.03. The quantitative estimate of drug-likeness (QED) is 0.167. The summed E-state index contributed by atoms with van der Waals surface area (Å²) in [4.78, 5) is 41.8. The highest BCUT2D eigenvalue weighted by atomic mass is 35.5. The molecular weight excluding hydrogens is 623 g/mol. The number of allylic oxidation sites excluding steroid dienone is 4. The molecule has 0 saturated carbocycles. The standard InChI is InChI=1S/C36H40Cl2N4O4/c1-19-23(7-9-35(43)45-5)31-16-29-20(2)24(8-10-36(44)46-6)33(41-29)18-34-26(12-14-38)22(4)30(42-34)17-32-25(11-13-37)21(3)28(40-32)15-27(19)39-31/h15-18,39,41H,7-14H2,1-6H3. The van der Waals surface area contributed by atoms with Gasteiger partial charge in [-0.1, -0.05) is 0 Å². The van der Waals surface area contributed by atoms with E-state index in [0.717, 1.165) is 89.4 Å². The lowest BCUT2D eigenvalue weighted by molar-refractivity contribution is -0.141. The molecule has 10 heteroatoms. The van der Waals surface area contributed by atoms with Gasteiger partial charge in [0.15, 0.2) is 0 Å². The molecule has 46 heavy (non-hydrogen) atoms. The lowest BCUT2D eigenvalue weighted by Crippen LogP contribution is -2.02. The van der Waals surface area contributed by atoms with Gasteiger partial charge in [0, 0.05) is 46.7 Å². The van der Waals surface area contributed by atoms with Crippen molar-refractivity contribution < 1.29 is 19.1 Å². The number of methoxy groups -OCH3 is 2. The molecule has 0 radical (unpaired) electrons. The SMILES string of the molecule is COC(=O)CCc1c(C)c2cc3[nH]c(cc4nc(cc5nc(cc1[nH]2)C(CCCl)=C5C)C(CCCl)=C4C)c(C)c3CCC(=O)OC. The Balaban J connectivity index is 1.90. The molecule has 0 atom stereocenters. The van der Waals surface area contributed by atoms with Crippen LogP contribution in [-0.4, -0.2) is 57.9 Å². The minimum Gasteiger partial charge on any atom is -0.469 e. The van der Waals surface area contributed by atoms with Crippen LogP contribution in [0.5, 0.6) is 0 Å². The summed E-state index contributed by atoms with van der Waals surface area (Å²) in [6, 6.07) is 8.26. The molecule has 0 aliphatic carbocycles. The van der Waals surface area contributed by atoms with Gasteiger partial charge >= 0.3 is 11.9 Å². The largest absolute Gasteiger partial charge is 0.469 e. The fourth-order valence-electron chi connectivity index (χ4n) is 6.34. The van der Waals surface area contributed by atoms with Crippen LogP contribution in [0, 0.1) is 13.8 Å². The number of ether oxygens (including phenoxy) is 2. The van der Waals surface area contributed by atoms with Gasteiger partial charge in [-0.15, -0.1) is 23.2 Å². The van der Waals surface area contributed by atoms with E-state index in [0.29, 0.717) is 37.4 Å². The fourth-order valence-corrected chi connectivity index (χ4v) is 6.72.